The highest BCUT2D eigenvalue weighted by Crippen LogP contribution is 2.09. The van der Waals surface area contributed by atoms with Crippen LogP contribution in [0, 0.1) is 0 Å². The minimum atomic E-state index is 0.0499. The fraction of sp³-hybridized carbons (Fsp3) is 0. The Morgan fingerprint density at radius 2 is 1.80 bits per heavy atom. The van der Waals surface area contributed by atoms with Crippen LogP contribution in [-0.2, 0) is 0 Å². The zero-order valence-corrected chi connectivity index (χ0v) is 7.70. The van der Waals surface area contributed by atoms with E-state index >= 15 is 0 Å². The first-order valence-electron chi connectivity index (χ1n) is 4.28. The summed E-state index contributed by atoms with van der Waals surface area (Å²) < 4.78 is 1.33. The second-order valence-corrected chi connectivity index (χ2v) is 2.84. The van der Waals surface area contributed by atoms with Gasteiger partial charge in [-0.25, -0.2) is 4.68 Å². The average molecular weight is 201 g/mol. The molecule has 0 atom stereocenters. The summed E-state index contributed by atoms with van der Waals surface area (Å²) in [7, 11) is 0. The molecular formula is C10H7N3O2. The highest BCUT2D eigenvalue weighted by atomic mass is 16.1. The third-order valence-corrected chi connectivity index (χ3v) is 1.96. The second kappa shape index (κ2) is 3.83. The Bertz CT molecular complexity index is 491. The maximum Gasteiger partial charge on any atom is 0.172 e. The number of carbonyl (C=O) groups is 2. The van der Waals surface area contributed by atoms with E-state index < -0.39 is 0 Å². The Morgan fingerprint density at radius 1 is 1.07 bits per heavy atom. The number of para-hydroxylation sites is 1. The van der Waals surface area contributed by atoms with E-state index in [-0.39, 0.29) is 11.4 Å². The van der Waals surface area contributed by atoms with Gasteiger partial charge >= 0.3 is 0 Å². The highest BCUT2D eigenvalue weighted by molar-refractivity contribution is 5.87. The van der Waals surface area contributed by atoms with Gasteiger partial charge in [0, 0.05) is 0 Å². The molecule has 0 aliphatic heterocycles. The van der Waals surface area contributed by atoms with Crippen molar-refractivity contribution in [3.8, 4) is 5.69 Å². The van der Waals surface area contributed by atoms with Crippen LogP contribution >= 0.6 is 0 Å². The molecule has 0 radical (unpaired) electrons. The monoisotopic (exact) mass is 201 g/mol. The summed E-state index contributed by atoms with van der Waals surface area (Å²) in [5.74, 6) is 0. The van der Waals surface area contributed by atoms with Crippen molar-refractivity contribution in [2.45, 2.75) is 0 Å². The van der Waals surface area contributed by atoms with Crippen molar-refractivity contribution in [2.75, 3.05) is 0 Å². The maximum atomic E-state index is 10.8. The summed E-state index contributed by atoms with van der Waals surface area (Å²) in [4.78, 5) is 21.3. The summed E-state index contributed by atoms with van der Waals surface area (Å²) in [6, 6.07) is 9.02. The molecule has 0 bridgehead atoms. The SMILES string of the molecule is O=Cc1nnn(-c2ccccc2)c1C=O. The van der Waals surface area contributed by atoms with Crippen LogP contribution in [0.3, 0.4) is 0 Å². The van der Waals surface area contributed by atoms with Gasteiger partial charge in [-0.05, 0) is 12.1 Å². The lowest BCUT2D eigenvalue weighted by molar-refractivity contribution is 0.108. The molecule has 1 aromatic heterocycles. The van der Waals surface area contributed by atoms with E-state index in [4.69, 9.17) is 0 Å². The lowest BCUT2D eigenvalue weighted by Crippen LogP contribution is -2.02. The van der Waals surface area contributed by atoms with Crippen LogP contribution in [0.25, 0.3) is 5.69 Å². The van der Waals surface area contributed by atoms with Gasteiger partial charge in [-0.2, -0.15) is 0 Å². The van der Waals surface area contributed by atoms with Crippen LogP contribution in [0.2, 0.25) is 0 Å². The zero-order valence-electron chi connectivity index (χ0n) is 7.70. The van der Waals surface area contributed by atoms with Crippen LogP contribution in [0.15, 0.2) is 30.3 Å². The van der Waals surface area contributed by atoms with Crippen LogP contribution in [0.4, 0.5) is 0 Å². The summed E-state index contributed by atoms with van der Waals surface area (Å²) >= 11 is 0. The minimum absolute atomic E-state index is 0.0499. The van der Waals surface area contributed by atoms with E-state index in [1.165, 1.54) is 4.68 Å². The van der Waals surface area contributed by atoms with Gasteiger partial charge in [-0.1, -0.05) is 23.4 Å². The van der Waals surface area contributed by atoms with Crippen molar-refractivity contribution >= 4 is 12.6 Å². The van der Waals surface area contributed by atoms with Gasteiger partial charge in [-0.15, -0.1) is 5.10 Å². The van der Waals surface area contributed by atoms with Crippen LogP contribution in [-0.4, -0.2) is 27.6 Å². The number of rotatable bonds is 3. The van der Waals surface area contributed by atoms with E-state index in [9.17, 15) is 9.59 Å². The molecule has 0 saturated carbocycles. The summed E-state index contributed by atoms with van der Waals surface area (Å²) in [6.07, 6.45) is 1.08. The third-order valence-electron chi connectivity index (χ3n) is 1.96. The first-order valence-corrected chi connectivity index (χ1v) is 4.28. The number of carbonyl (C=O) groups excluding carboxylic acids is 2. The van der Waals surface area contributed by atoms with Crippen molar-refractivity contribution in [3.05, 3.63) is 41.7 Å². The Balaban J connectivity index is 2.59. The number of hydrogen-bond donors (Lipinski definition) is 0. The third kappa shape index (κ3) is 1.54. The summed E-state index contributed by atoms with van der Waals surface area (Å²) in [5.41, 5.74) is 0.908. The molecule has 0 unspecified atom stereocenters. The van der Waals surface area contributed by atoms with Gasteiger partial charge < -0.3 is 0 Å². The molecule has 2 rings (SSSR count). The van der Waals surface area contributed by atoms with E-state index in [0.29, 0.717) is 18.3 Å². The molecule has 0 N–H and O–H groups in total. The molecule has 5 heteroatoms. The quantitative estimate of drug-likeness (QED) is 0.692. The fourth-order valence-electron chi connectivity index (χ4n) is 1.25. The van der Waals surface area contributed by atoms with Crippen molar-refractivity contribution < 1.29 is 9.59 Å². The molecule has 15 heavy (non-hydrogen) atoms. The van der Waals surface area contributed by atoms with E-state index in [2.05, 4.69) is 10.3 Å². The maximum absolute atomic E-state index is 10.8. The van der Waals surface area contributed by atoms with Gasteiger partial charge in [0.15, 0.2) is 18.3 Å². The van der Waals surface area contributed by atoms with Crippen molar-refractivity contribution in [1.29, 1.82) is 0 Å². The predicted octanol–water partition coefficient (Wildman–Crippen LogP) is 0.892. The molecule has 2 aromatic rings. The van der Waals surface area contributed by atoms with Gasteiger partial charge in [-0.3, -0.25) is 9.59 Å². The molecule has 74 valence electrons. The molecule has 1 heterocycles. The largest absolute Gasteiger partial charge is 0.296 e. The molecule has 0 aliphatic rings. The highest BCUT2D eigenvalue weighted by Gasteiger charge is 2.11. The molecule has 5 nitrogen and oxygen atoms in total. The standard InChI is InChI=1S/C10H7N3O2/c14-6-9-10(7-15)13(12-11-9)8-4-2-1-3-5-8/h1-7H. The van der Waals surface area contributed by atoms with Gasteiger partial charge in [0.2, 0.25) is 0 Å². The molecule has 1 aromatic carbocycles. The van der Waals surface area contributed by atoms with E-state index in [1.54, 1.807) is 12.1 Å². The van der Waals surface area contributed by atoms with Gasteiger partial charge in [0.05, 0.1) is 5.69 Å². The van der Waals surface area contributed by atoms with Gasteiger partial charge in [0.25, 0.3) is 0 Å². The number of benzene rings is 1. The van der Waals surface area contributed by atoms with E-state index in [1.807, 2.05) is 18.2 Å². The predicted molar refractivity (Wildman–Crippen MR) is 52.1 cm³/mol. The Labute approximate surface area is 85.3 Å². The van der Waals surface area contributed by atoms with Crippen LogP contribution < -0.4 is 0 Å². The molecule has 0 amide bonds. The Kier molecular flexibility index (Phi) is 2.37. The Morgan fingerprint density at radius 3 is 2.40 bits per heavy atom. The smallest absolute Gasteiger partial charge is 0.172 e. The first-order chi connectivity index (χ1) is 7.36. The molecule has 0 aliphatic carbocycles. The van der Waals surface area contributed by atoms with Crippen LogP contribution in [0.1, 0.15) is 21.0 Å². The van der Waals surface area contributed by atoms with Crippen molar-refractivity contribution in [2.24, 2.45) is 0 Å². The number of nitrogens with zero attached hydrogens (tertiary/aromatic N) is 3. The lowest BCUT2D eigenvalue weighted by atomic mass is 10.3. The fourth-order valence-corrected chi connectivity index (χ4v) is 1.25. The normalized spacial score (nSPS) is 9.87. The number of aldehydes is 2. The first kappa shape index (κ1) is 9.26. The molecule has 0 fully saturated rings. The molecular weight excluding hydrogens is 194 g/mol. The summed E-state index contributed by atoms with van der Waals surface area (Å²) in [6.45, 7) is 0. The number of aromatic nitrogens is 3. The minimum Gasteiger partial charge on any atom is -0.296 e. The van der Waals surface area contributed by atoms with Gasteiger partial charge in [0.1, 0.15) is 5.69 Å². The average Bonchev–Trinajstić information content (AvgIpc) is 2.72. The van der Waals surface area contributed by atoms with Crippen LogP contribution in [0.5, 0.6) is 0 Å². The zero-order chi connectivity index (χ0) is 10.7. The lowest BCUT2D eigenvalue weighted by Gasteiger charge is -2.00. The second-order valence-electron chi connectivity index (χ2n) is 2.84. The number of hydrogen-bond acceptors (Lipinski definition) is 4. The van der Waals surface area contributed by atoms with Crippen molar-refractivity contribution in [3.63, 3.8) is 0 Å². The van der Waals surface area contributed by atoms with E-state index in [0.717, 1.165) is 0 Å². The molecule has 0 spiro atoms. The summed E-state index contributed by atoms with van der Waals surface area (Å²) in [5, 5.41) is 7.33. The van der Waals surface area contributed by atoms with Crippen molar-refractivity contribution in [1.82, 2.24) is 15.0 Å². The Hall–Kier alpha value is -2.30. The molecule has 0 saturated heterocycles. The topological polar surface area (TPSA) is 64.8 Å².